The van der Waals surface area contributed by atoms with Crippen LogP contribution < -0.4 is 0 Å². The highest BCUT2D eigenvalue weighted by molar-refractivity contribution is 6.78. The van der Waals surface area contributed by atoms with Crippen LogP contribution in [0.25, 0.3) is 0 Å². The minimum Gasteiger partial charge on any atom is -0.459 e. The van der Waals surface area contributed by atoms with Gasteiger partial charge in [0, 0.05) is 0 Å². The molecule has 0 bridgehead atoms. The predicted octanol–water partition coefficient (Wildman–Crippen LogP) is 4.23. The molecule has 0 saturated carbocycles. The Morgan fingerprint density at radius 1 is 1.35 bits per heavy atom. The molecule has 100 valence electrons. The summed E-state index contributed by atoms with van der Waals surface area (Å²) in [6.07, 6.45) is 2.88. The van der Waals surface area contributed by atoms with Crippen molar-refractivity contribution in [3.05, 3.63) is 0 Å². The number of carbonyl (C=O) groups excluding carboxylic acids is 1. The molecule has 1 rings (SSSR count). The van der Waals surface area contributed by atoms with E-state index in [0.29, 0.717) is 0 Å². The van der Waals surface area contributed by atoms with Gasteiger partial charge in [-0.3, -0.25) is 4.79 Å². The van der Waals surface area contributed by atoms with Gasteiger partial charge in [-0.05, 0) is 39.2 Å². The fourth-order valence-corrected chi connectivity index (χ4v) is 6.11. The first kappa shape index (κ1) is 14.7. The second-order valence-corrected chi connectivity index (χ2v) is 12.2. The van der Waals surface area contributed by atoms with Crippen LogP contribution in [0.1, 0.15) is 47.0 Å². The van der Waals surface area contributed by atoms with E-state index in [0.717, 1.165) is 25.3 Å². The largest absolute Gasteiger partial charge is 0.459 e. The van der Waals surface area contributed by atoms with Crippen LogP contribution in [0.15, 0.2) is 0 Å². The highest BCUT2D eigenvalue weighted by atomic mass is 28.3. The Labute approximate surface area is 107 Å². The van der Waals surface area contributed by atoms with E-state index >= 15 is 0 Å². The lowest BCUT2D eigenvalue weighted by atomic mass is 9.89. The lowest BCUT2D eigenvalue weighted by molar-refractivity contribution is -0.169. The second kappa shape index (κ2) is 4.75. The van der Waals surface area contributed by atoms with Gasteiger partial charge in [-0.2, -0.15) is 0 Å². The monoisotopic (exact) mass is 256 g/mol. The van der Waals surface area contributed by atoms with E-state index in [1.165, 1.54) is 6.04 Å². The molecular formula is C14H28O2Si. The molecule has 3 heteroatoms. The molecular weight excluding hydrogens is 228 g/mol. The van der Waals surface area contributed by atoms with E-state index in [-0.39, 0.29) is 17.0 Å². The third kappa shape index (κ3) is 3.33. The smallest absolute Gasteiger partial charge is 0.312 e. The SMILES string of the molecule is CCC1(OC(=O)C(C)(C)CC)CC[Si](C)(C)C1. The van der Waals surface area contributed by atoms with Crippen LogP contribution in [0, 0.1) is 5.41 Å². The summed E-state index contributed by atoms with van der Waals surface area (Å²) in [5, 5.41) is 0. The van der Waals surface area contributed by atoms with Crippen molar-refractivity contribution in [1.29, 1.82) is 0 Å². The highest BCUT2D eigenvalue weighted by Gasteiger charge is 2.47. The number of rotatable bonds is 4. The average Bonchev–Trinajstić information content (AvgIpc) is 2.55. The van der Waals surface area contributed by atoms with Crippen molar-refractivity contribution in [3.63, 3.8) is 0 Å². The van der Waals surface area contributed by atoms with Gasteiger partial charge in [0.15, 0.2) is 0 Å². The molecule has 0 aliphatic carbocycles. The fraction of sp³-hybridized carbons (Fsp3) is 0.929. The molecule has 17 heavy (non-hydrogen) atoms. The van der Waals surface area contributed by atoms with Crippen LogP contribution >= 0.6 is 0 Å². The maximum Gasteiger partial charge on any atom is 0.312 e. The van der Waals surface area contributed by atoms with E-state index < -0.39 is 8.07 Å². The molecule has 0 radical (unpaired) electrons. The second-order valence-electron chi connectivity index (χ2n) is 7.00. The maximum atomic E-state index is 12.2. The third-order valence-corrected chi connectivity index (χ3v) is 7.65. The molecule has 0 aromatic carbocycles. The Hall–Kier alpha value is -0.313. The molecule has 2 nitrogen and oxygen atoms in total. The summed E-state index contributed by atoms with van der Waals surface area (Å²) in [5.74, 6) is -0.00597. The van der Waals surface area contributed by atoms with Crippen LogP contribution in [0.3, 0.4) is 0 Å². The van der Waals surface area contributed by atoms with Crippen molar-refractivity contribution in [2.45, 2.75) is 77.7 Å². The minimum absolute atomic E-state index is 0.00597. The van der Waals surface area contributed by atoms with Gasteiger partial charge >= 0.3 is 5.97 Å². The molecule has 1 aliphatic rings. The van der Waals surface area contributed by atoms with Crippen molar-refractivity contribution < 1.29 is 9.53 Å². The average molecular weight is 256 g/mol. The van der Waals surface area contributed by atoms with Gasteiger partial charge in [0.05, 0.1) is 13.5 Å². The Bertz CT molecular complexity index is 297. The molecule has 1 heterocycles. The van der Waals surface area contributed by atoms with Crippen molar-refractivity contribution in [1.82, 2.24) is 0 Å². The summed E-state index contributed by atoms with van der Waals surface area (Å²) in [6, 6.07) is 2.43. The predicted molar refractivity (Wildman–Crippen MR) is 74.9 cm³/mol. The van der Waals surface area contributed by atoms with Crippen molar-refractivity contribution in [2.75, 3.05) is 0 Å². The van der Waals surface area contributed by atoms with Crippen molar-refractivity contribution >= 4 is 14.0 Å². The van der Waals surface area contributed by atoms with E-state index in [1.807, 2.05) is 20.8 Å². The molecule has 1 unspecified atom stereocenters. The van der Waals surface area contributed by atoms with Crippen molar-refractivity contribution in [2.24, 2.45) is 5.41 Å². The number of carbonyl (C=O) groups is 1. The lowest BCUT2D eigenvalue weighted by Gasteiger charge is -2.33. The van der Waals surface area contributed by atoms with Crippen LogP contribution in [0.5, 0.6) is 0 Å². The van der Waals surface area contributed by atoms with E-state index in [2.05, 4.69) is 20.0 Å². The van der Waals surface area contributed by atoms with Gasteiger partial charge in [-0.1, -0.05) is 33.0 Å². The summed E-state index contributed by atoms with van der Waals surface area (Å²) in [5.41, 5.74) is -0.476. The summed E-state index contributed by atoms with van der Waals surface area (Å²) in [7, 11) is -1.11. The standard InChI is InChI=1S/C14H28O2Si/c1-7-13(3,4)12(15)16-14(8-2)9-10-17(5,6)11-14/h7-11H2,1-6H3. The first-order valence-electron chi connectivity index (χ1n) is 6.90. The van der Waals surface area contributed by atoms with Crippen LogP contribution in [-0.2, 0) is 9.53 Å². The molecule has 0 aromatic heterocycles. The van der Waals surface area contributed by atoms with Crippen LogP contribution in [-0.4, -0.2) is 19.6 Å². The van der Waals surface area contributed by atoms with E-state index in [4.69, 9.17) is 4.74 Å². The quantitative estimate of drug-likeness (QED) is 0.556. The summed E-state index contributed by atoms with van der Waals surface area (Å²) in [6.45, 7) is 13.0. The normalized spacial score (nSPS) is 28.1. The fourth-order valence-electron chi connectivity index (χ4n) is 2.56. The van der Waals surface area contributed by atoms with Crippen molar-refractivity contribution in [3.8, 4) is 0 Å². The zero-order chi connectivity index (χ0) is 13.3. The van der Waals surface area contributed by atoms with Crippen LogP contribution in [0.2, 0.25) is 25.2 Å². The number of hydrogen-bond donors (Lipinski definition) is 0. The molecule has 0 N–H and O–H groups in total. The topological polar surface area (TPSA) is 26.3 Å². The Balaban J connectivity index is 2.75. The molecule has 1 aliphatic heterocycles. The molecule has 0 amide bonds. The number of esters is 1. The zero-order valence-electron chi connectivity index (χ0n) is 12.4. The zero-order valence-corrected chi connectivity index (χ0v) is 13.4. The molecule has 1 fully saturated rings. The molecule has 0 aromatic rings. The lowest BCUT2D eigenvalue weighted by Crippen LogP contribution is -2.39. The molecule has 1 saturated heterocycles. The summed E-state index contributed by atoms with van der Waals surface area (Å²) < 4.78 is 5.94. The van der Waals surface area contributed by atoms with E-state index in [9.17, 15) is 4.79 Å². The van der Waals surface area contributed by atoms with Gasteiger partial charge < -0.3 is 4.74 Å². The number of ether oxygens (including phenoxy) is 1. The Morgan fingerprint density at radius 3 is 2.29 bits per heavy atom. The molecule has 0 spiro atoms. The Kier molecular flexibility index (Phi) is 4.12. The van der Waals surface area contributed by atoms with Crippen LogP contribution in [0.4, 0.5) is 0 Å². The van der Waals surface area contributed by atoms with Gasteiger partial charge in [-0.25, -0.2) is 0 Å². The summed E-state index contributed by atoms with van der Waals surface area (Å²) >= 11 is 0. The van der Waals surface area contributed by atoms with E-state index in [1.54, 1.807) is 0 Å². The Morgan fingerprint density at radius 2 is 1.94 bits per heavy atom. The first-order valence-corrected chi connectivity index (χ1v) is 10.3. The first-order chi connectivity index (χ1) is 7.66. The number of hydrogen-bond acceptors (Lipinski definition) is 2. The minimum atomic E-state index is -1.11. The van der Waals surface area contributed by atoms with Gasteiger partial charge in [-0.15, -0.1) is 0 Å². The highest BCUT2D eigenvalue weighted by Crippen LogP contribution is 2.44. The maximum absolute atomic E-state index is 12.2. The third-order valence-electron chi connectivity index (χ3n) is 4.45. The van der Waals surface area contributed by atoms with Gasteiger partial charge in [0.25, 0.3) is 0 Å². The van der Waals surface area contributed by atoms with Gasteiger partial charge in [0.2, 0.25) is 0 Å². The van der Waals surface area contributed by atoms with Gasteiger partial charge in [0.1, 0.15) is 5.60 Å². The summed E-state index contributed by atoms with van der Waals surface area (Å²) in [4.78, 5) is 12.2. The molecule has 1 atom stereocenters.